The van der Waals surface area contributed by atoms with Gasteiger partial charge < -0.3 is 14.7 Å². The lowest BCUT2D eigenvalue weighted by Gasteiger charge is -2.35. The fourth-order valence-electron chi connectivity index (χ4n) is 2.83. The van der Waals surface area contributed by atoms with E-state index in [1.54, 1.807) is 23.1 Å². The average molecular weight is 343 g/mol. The fraction of sp³-hybridized carbons (Fsp3) is 0.389. The van der Waals surface area contributed by atoms with Crippen molar-refractivity contribution >= 4 is 17.5 Å². The van der Waals surface area contributed by atoms with Crippen molar-refractivity contribution in [2.45, 2.75) is 6.42 Å². The molecule has 0 unspecified atom stereocenters. The summed E-state index contributed by atoms with van der Waals surface area (Å²) in [5, 5.41) is 8.44. The molecule has 0 spiro atoms. The van der Waals surface area contributed by atoms with E-state index in [2.05, 4.69) is 15.1 Å². The zero-order chi connectivity index (χ0) is 17.8. The van der Waals surface area contributed by atoms with Gasteiger partial charge in [-0.25, -0.2) is 4.39 Å². The third kappa shape index (κ3) is 4.04. The number of hydrogen-bond donors (Lipinski definition) is 0. The number of amides is 1. The van der Waals surface area contributed by atoms with Gasteiger partial charge in [0.15, 0.2) is 11.6 Å². The van der Waals surface area contributed by atoms with Crippen molar-refractivity contribution in [2.75, 3.05) is 50.1 Å². The summed E-state index contributed by atoms with van der Waals surface area (Å²) in [5.41, 5.74) is 0.445. The maximum absolute atomic E-state index is 13.7. The van der Waals surface area contributed by atoms with E-state index < -0.39 is 0 Å². The van der Waals surface area contributed by atoms with E-state index in [1.807, 2.05) is 31.1 Å². The van der Waals surface area contributed by atoms with E-state index >= 15 is 0 Å². The van der Waals surface area contributed by atoms with Gasteiger partial charge in [-0.1, -0.05) is 18.2 Å². The van der Waals surface area contributed by atoms with Gasteiger partial charge in [-0.15, -0.1) is 10.2 Å². The van der Waals surface area contributed by atoms with Crippen LogP contribution in [0, 0.1) is 5.82 Å². The van der Waals surface area contributed by atoms with Crippen molar-refractivity contribution < 1.29 is 9.18 Å². The van der Waals surface area contributed by atoms with Crippen LogP contribution in [0.5, 0.6) is 0 Å². The molecular formula is C18H22FN5O. The first-order valence-corrected chi connectivity index (χ1v) is 8.32. The first-order chi connectivity index (χ1) is 12.0. The largest absolute Gasteiger partial charge is 0.361 e. The zero-order valence-electron chi connectivity index (χ0n) is 14.5. The van der Waals surface area contributed by atoms with Crippen LogP contribution in [0.1, 0.15) is 5.56 Å². The molecule has 1 aromatic heterocycles. The lowest BCUT2D eigenvalue weighted by Crippen LogP contribution is -2.49. The molecule has 1 amide bonds. The van der Waals surface area contributed by atoms with Crippen molar-refractivity contribution in [1.82, 2.24) is 15.1 Å². The van der Waals surface area contributed by atoms with Crippen molar-refractivity contribution in [2.24, 2.45) is 0 Å². The second-order valence-electron chi connectivity index (χ2n) is 6.28. The van der Waals surface area contributed by atoms with Crippen LogP contribution in [0.15, 0.2) is 36.4 Å². The van der Waals surface area contributed by atoms with Gasteiger partial charge in [0.05, 0.1) is 6.42 Å². The van der Waals surface area contributed by atoms with Crippen LogP contribution in [-0.2, 0) is 11.2 Å². The Bertz CT molecular complexity index is 727. The monoisotopic (exact) mass is 343 g/mol. The summed E-state index contributed by atoms with van der Waals surface area (Å²) < 4.78 is 13.7. The smallest absolute Gasteiger partial charge is 0.227 e. The van der Waals surface area contributed by atoms with E-state index in [1.165, 1.54) is 6.07 Å². The number of aromatic nitrogens is 2. The molecule has 1 fully saturated rings. The number of hydrogen-bond acceptors (Lipinski definition) is 5. The number of halogens is 1. The van der Waals surface area contributed by atoms with Crippen LogP contribution < -0.4 is 9.80 Å². The highest BCUT2D eigenvalue weighted by molar-refractivity contribution is 5.79. The first-order valence-electron chi connectivity index (χ1n) is 8.32. The van der Waals surface area contributed by atoms with E-state index in [0.29, 0.717) is 31.7 Å². The van der Waals surface area contributed by atoms with Crippen LogP contribution in [0.4, 0.5) is 16.0 Å². The Morgan fingerprint density at radius 1 is 1.08 bits per heavy atom. The Kier molecular flexibility index (Phi) is 5.11. The average Bonchev–Trinajstić information content (AvgIpc) is 2.64. The van der Waals surface area contributed by atoms with Crippen LogP contribution in [-0.4, -0.2) is 61.3 Å². The topological polar surface area (TPSA) is 52.6 Å². The SMILES string of the molecule is CN(C)c1ccc(N2CCN(C(=O)Cc3ccccc3F)CC2)nn1. The van der Waals surface area contributed by atoms with E-state index in [-0.39, 0.29) is 18.1 Å². The van der Waals surface area contributed by atoms with E-state index in [4.69, 9.17) is 0 Å². The van der Waals surface area contributed by atoms with Gasteiger partial charge in [0, 0.05) is 40.3 Å². The summed E-state index contributed by atoms with van der Waals surface area (Å²) in [5.74, 6) is 1.25. The Labute approximate surface area is 146 Å². The highest BCUT2D eigenvalue weighted by atomic mass is 19.1. The molecule has 3 rings (SSSR count). The molecule has 1 aromatic carbocycles. The van der Waals surface area contributed by atoms with Gasteiger partial charge in [-0.2, -0.15) is 0 Å². The summed E-state index contributed by atoms with van der Waals surface area (Å²) in [4.78, 5) is 18.2. The molecule has 0 radical (unpaired) electrons. The molecule has 1 saturated heterocycles. The summed E-state index contributed by atoms with van der Waals surface area (Å²) in [6.45, 7) is 2.59. The van der Waals surface area contributed by atoms with Crippen LogP contribution in [0.3, 0.4) is 0 Å². The molecule has 25 heavy (non-hydrogen) atoms. The molecule has 2 aromatic rings. The molecule has 132 valence electrons. The lowest BCUT2D eigenvalue weighted by atomic mass is 10.1. The molecule has 2 heterocycles. The summed E-state index contributed by atoms with van der Waals surface area (Å²) >= 11 is 0. The molecule has 0 N–H and O–H groups in total. The van der Waals surface area contributed by atoms with Gasteiger partial charge in [0.2, 0.25) is 5.91 Å². The maximum atomic E-state index is 13.7. The van der Waals surface area contributed by atoms with Gasteiger partial charge in [-0.3, -0.25) is 4.79 Å². The molecule has 0 saturated carbocycles. The number of piperazine rings is 1. The third-order valence-electron chi connectivity index (χ3n) is 4.35. The normalized spacial score (nSPS) is 14.5. The quantitative estimate of drug-likeness (QED) is 0.844. The number of benzene rings is 1. The van der Waals surface area contributed by atoms with E-state index in [0.717, 1.165) is 11.6 Å². The number of anilines is 2. The standard InChI is InChI=1S/C18H22FN5O/c1-22(2)16-7-8-17(21-20-16)23-9-11-24(12-10-23)18(25)13-14-5-3-4-6-15(14)19/h3-8H,9-13H2,1-2H3. The molecule has 7 heteroatoms. The third-order valence-corrected chi connectivity index (χ3v) is 4.35. The zero-order valence-corrected chi connectivity index (χ0v) is 14.5. The Morgan fingerprint density at radius 2 is 1.80 bits per heavy atom. The number of nitrogens with zero attached hydrogens (tertiary/aromatic N) is 5. The molecule has 1 aliphatic rings. The second kappa shape index (κ2) is 7.46. The Balaban J connectivity index is 1.56. The van der Waals surface area contributed by atoms with Crippen molar-refractivity contribution in [3.05, 3.63) is 47.8 Å². The van der Waals surface area contributed by atoms with Gasteiger partial charge in [0.25, 0.3) is 0 Å². The molecule has 0 atom stereocenters. The first kappa shape index (κ1) is 17.1. The maximum Gasteiger partial charge on any atom is 0.227 e. The number of carbonyl (C=O) groups excluding carboxylic acids is 1. The van der Waals surface area contributed by atoms with Crippen molar-refractivity contribution in [1.29, 1.82) is 0 Å². The molecule has 0 bridgehead atoms. The van der Waals surface area contributed by atoms with Crippen LogP contribution >= 0.6 is 0 Å². The Morgan fingerprint density at radius 3 is 2.40 bits per heavy atom. The fourth-order valence-corrected chi connectivity index (χ4v) is 2.83. The summed E-state index contributed by atoms with van der Waals surface area (Å²) in [6, 6.07) is 10.3. The van der Waals surface area contributed by atoms with Gasteiger partial charge >= 0.3 is 0 Å². The van der Waals surface area contributed by atoms with Crippen molar-refractivity contribution in [3.8, 4) is 0 Å². The second-order valence-corrected chi connectivity index (χ2v) is 6.28. The minimum atomic E-state index is -0.328. The van der Waals surface area contributed by atoms with E-state index in [9.17, 15) is 9.18 Å². The predicted molar refractivity (Wildman–Crippen MR) is 95.3 cm³/mol. The lowest BCUT2D eigenvalue weighted by molar-refractivity contribution is -0.130. The summed E-state index contributed by atoms with van der Waals surface area (Å²) in [6.07, 6.45) is 0.101. The predicted octanol–water partition coefficient (Wildman–Crippen LogP) is 1.57. The Hall–Kier alpha value is -2.70. The van der Waals surface area contributed by atoms with Crippen LogP contribution in [0.25, 0.3) is 0 Å². The summed E-state index contributed by atoms with van der Waals surface area (Å²) in [7, 11) is 3.84. The minimum Gasteiger partial charge on any atom is -0.361 e. The van der Waals surface area contributed by atoms with Crippen LogP contribution in [0.2, 0.25) is 0 Å². The minimum absolute atomic E-state index is 0.0428. The van der Waals surface area contributed by atoms with Crippen molar-refractivity contribution in [3.63, 3.8) is 0 Å². The number of rotatable bonds is 4. The highest BCUT2D eigenvalue weighted by Crippen LogP contribution is 2.16. The van der Waals surface area contributed by atoms with Gasteiger partial charge in [0.1, 0.15) is 5.82 Å². The highest BCUT2D eigenvalue weighted by Gasteiger charge is 2.22. The molecule has 6 nitrogen and oxygen atoms in total. The number of carbonyl (C=O) groups is 1. The molecular weight excluding hydrogens is 321 g/mol. The molecule has 1 aliphatic heterocycles. The molecule has 0 aliphatic carbocycles. The van der Waals surface area contributed by atoms with Gasteiger partial charge in [-0.05, 0) is 23.8 Å².